The second-order valence-corrected chi connectivity index (χ2v) is 5.23. The van der Waals surface area contributed by atoms with Gasteiger partial charge in [-0.05, 0) is 45.0 Å². The van der Waals surface area contributed by atoms with Crippen molar-refractivity contribution in [3.63, 3.8) is 0 Å². The maximum Gasteiger partial charge on any atom is 0.177 e. The summed E-state index contributed by atoms with van der Waals surface area (Å²) in [6.45, 7) is 5.77. The van der Waals surface area contributed by atoms with Crippen LogP contribution in [0.2, 0.25) is 0 Å². The molecule has 0 aliphatic heterocycles. The summed E-state index contributed by atoms with van der Waals surface area (Å²) in [5.41, 5.74) is 7.87. The van der Waals surface area contributed by atoms with Crippen LogP contribution in [-0.4, -0.2) is 32.6 Å². The zero-order chi connectivity index (χ0) is 16.4. The lowest BCUT2D eigenvalue weighted by atomic mass is 10.2. The highest BCUT2D eigenvalue weighted by Gasteiger charge is 2.11. The van der Waals surface area contributed by atoms with Crippen LogP contribution in [0, 0.1) is 13.8 Å². The number of benzene rings is 1. The molecule has 3 rings (SSSR count). The Kier molecular flexibility index (Phi) is 3.92. The van der Waals surface area contributed by atoms with Crippen molar-refractivity contribution in [3.05, 3.63) is 47.4 Å². The van der Waals surface area contributed by atoms with Crippen LogP contribution in [0.4, 0.5) is 5.69 Å². The van der Waals surface area contributed by atoms with Gasteiger partial charge in [-0.2, -0.15) is 10.2 Å². The molecule has 0 saturated carbocycles. The van der Waals surface area contributed by atoms with E-state index >= 15 is 0 Å². The minimum Gasteiger partial charge on any atom is -0.497 e. The Hall–Kier alpha value is -2.96. The molecule has 1 N–H and O–H groups in total. The molecule has 0 atom stereocenters. The van der Waals surface area contributed by atoms with E-state index in [1.807, 2.05) is 51.1 Å². The number of ether oxygens (including phenoxy) is 1. The van der Waals surface area contributed by atoms with Gasteiger partial charge in [0.2, 0.25) is 0 Å². The van der Waals surface area contributed by atoms with Crippen LogP contribution in [0.5, 0.6) is 5.75 Å². The second kappa shape index (κ2) is 6.04. The van der Waals surface area contributed by atoms with E-state index in [0.717, 1.165) is 34.2 Å². The van der Waals surface area contributed by atoms with Gasteiger partial charge in [0, 0.05) is 6.07 Å². The monoisotopic (exact) mass is 310 g/mol. The summed E-state index contributed by atoms with van der Waals surface area (Å²) in [7, 11) is 1.64. The molecule has 7 nitrogen and oxygen atoms in total. The Morgan fingerprint density at radius 2 is 1.91 bits per heavy atom. The highest BCUT2D eigenvalue weighted by atomic mass is 16.5. The summed E-state index contributed by atoms with van der Waals surface area (Å²) < 4.78 is 6.91. The first kappa shape index (κ1) is 15.0. The number of hydrazone groups is 1. The third-order valence-corrected chi connectivity index (χ3v) is 3.51. The number of anilines is 1. The van der Waals surface area contributed by atoms with E-state index in [2.05, 4.69) is 25.8 Å². The largest absolute Gasteiger partial charge is 0.497 e. The van der Waals surface area contributed by atoms with Crippen molar-refractivity contribution in [2.75, 3.05) is 12.5 Å². The van der Waals surface area contributed by atoms with Gasteiger partial charge in [0.05, 0.1) is 29.9 Å². The quantitative estimate of drug-likeness (QED) is 0.592. The van der Waals surface area contributed by atoms with Crippen LogP contribution >= 0.6 is 0 Å². The van der Waals surface area contributed by atoms with E-state index in [4.69, 9.17) is 4.74 Å². The number of hydrogen-bond acceptors (Lipinski definition) is 6. The number of aryl methyl sites for hydroxylation is 2. The Labute approximate surface area is 134 Å². The lowest BCUT2D eigenvalue weighted by Crippen LogP contribution is -2.11. The highest BCUT2D eigenvalue weighted by Crippen LogP contribution is 2.15. The molecule has 0 radical (unpaired) electrons. The summed E-state index contributed by atoms with van der Waals surface area (Å²) in [5, 5.41) is 17.2. The summed E-state index contributed by atoms with van der Waals surface area (Å²) in [5.74, 6) is 0.803. The number of hydrogen-bond donors (Lipinski definition) is 1. The maximum absolute atomic E-state index is 5.13. The topological polar surface area (TPSA) is 76.7 Å². The maximum atomic E-state index is 5.13. The van der Waals surface area contributed by atoms with Gasteiger partial charge in [-0.3, -0.25) is 5.43 Å². The normalized spacial score (nSPS) is 11.7. The molecule has 0 spiro atoms. The Morgan fingerprint density at radius 3 is 2.61 bits per heavy atom. The van der Waals surface area contributed by atoms with Gasteiger partial charge in [-0.1, -0.05) is 0 Å². The van der Waals surface area contributed by atoms with Gasteiger partial charge in [0.1, 0.15) is 11.4 Å². The SMILES string of the molecule is COc1ccc(N/N=C(/C)c2nnc3cc(C)nn3c2C)cc1. The van der Waals surface area contributed by atoms with Crippen LogP contribution in [-0.2, 0) is 0 Å². The van der Waals surface area contributed by atoms with Crippen LogP contribution in [0.1, 0.15) is 24.0 Å². The standard InChI is InChI=1S/C16H18N6O/c1-10-9-15-19-20-16(12(3)22(15)21-10)11(2)17-18-13-5-7-14(23-4)8-6-13/h5-9,18H,1-4H3/b17-11-. The minimum atomic E-state index is 0.710. The molecule has 0 unspecified atom stereocenters. The minimum absolute atomic E-state index is 0.710. The predicted molar refractivity (Wildman–Crippen MR) is 89.1 cm³/mol. The average Bonchev–Trinajstić information content (AvgIpc) is 2.95. The highest BCUT2D eigenvalue weighted by molar-refractivity contribution is 5.98. The molecule has 0 bridgehead atoms. The lowest BCUT2D eigenvalue weighted by molar-refractivity contribution is 0.415. The molecular weight excluding hydrogens is 292 g/mol. The smallest absolute Gasteiger partial charge is 0.177 e. The van der Waals surface area contributed by atoms with E-state index in [0.29, 0.717) is 5.69 Å². The predicted octanol–water partition coefficient (Wildman–Crippen LogP) is 2.59. The summed E-state index contributed by atoms with van der Waals surface area (Å²) in [6, 6.07) is 9.43. The van der Waals surface area contributed by atoms with Gasteiger partial charge < -0.3 is 4.74 Å². The number of nitrogens with zero attached hydrogens (tertiary/aromatic N) is 5. The summed E-state index contributed by atoms with van der Waals surface area (Å²) >= 11 is 0. The molecular formula is C16H18N6O. The van der Waals surface area contributed by atoms with Crippen molar-refractivity contribution in [2.45, 2.75) is 20.8 Å². The van der Waals surface area contributed by atoms with Gasteiger partial charge in [0.15, 0.2) is 5.65 Å². The molecule has 7 heteroatoms. The molecule has 23 heavy (non-hydrogen) atoms. The Balaban J connectivity index is 1.86. The molecule has 0 aliphatic rings. The molecule has 118 valence electrons. The number of aromatic nitrogens is 4. The van der Waals surface area contributed by atoms with Crippen LogP contribution < -0.4 is 10.2 Å². The average molecular weight is 310 g/mol. The van der Waals surface area contributed by atoms with Gasteiger partial charge in [0.25, 0.3) is 0 Å². The number of nitrogens with one attached hydrogen (secondary N) is 1. The second-order valence-electron chi connectivity index (χ2n) is 5.23. The zero-order valence-electron chi connectivity index (χ0n) is 13.5. The fraction of sp³-hybridized carbons (Fsp3) is 0.250. The van der Waals surface area contributed by atoms with Gasteiger partial charge in [-0.25, -0.2) is 4.52 Å². The molecule has 0 saturated heterocycles. The Morgan fingerprint density at radius 1 is 1.17 bits per heavy atom. The first-order valence-corrected chi connectivity index (χ1v) is 7.23. The summed E-state index contributed by atoms with van der Waals surface area (Å²) in [4.78, 5) is 0. The van der Waals surface area contributed by atoms with E-state index < -0.39 is 0 Å². The molecule has 2 heterocycles. The third-order valence-electron chi connectivity index (χ3n) is 3.51. The number of methoxy groups -OCH3 is 1. The fourth-order valence-electron chi connectivity index (χ4n) is 2.28. The fourth-order valence-corrected chi connectivity index (χ4v) is 2.28. The molecule has 1 aromatic carbocycles. The third kappa shape index (κ3) is 2.98. The van der Waals surface area contributed by atoms with E-state index in [-0.39, 0.29) is 0 Å². The first-order valence-electron chi connectivity index (χ1n) is 7.23. The van der Waals surface area contributed by atoms with E-state index in [1.54, 1.807) is 11.6 Å². The van der Waals surface area contributed by atoms with Gasteiger partial charge >= 0.3 is 0 Å². The van der Waals surface area contributed by atoms with Crippen LogP contribution in [0.3, 0.4) is 0 Å². The van der Waals surface area contributed by atoms with E-state index in [1.165, 1.54) is 0 Å². The molecule has 2 aromatic heterocycles. The van der Waals surface area contributed by atoms with Crippen molar-refractivity contribution in [3.8, 4) is 5.75 Å². The van der Waals surface area contributed by atoms with Gasteiger partial charge in [-0.15, -0.1) is 10.2 Å². The van der Waals surface area contributed by atoms with Crippen molar-refractivity contribution in [1.29, 1.82) is 0 Å². The van der Waals surface area contributed by atoms with Crippen molar-refractivity contribution < 1.29 is 4.74 Å². The summed E-state index contributed by atoms with van der Waals surface area (Å²) in [6.07, 6.45) is 0. The van der Waals surface area contributed by atoms with E-state index in [9.17, 15) is 0 Å². The van der Waals surface area contributed by atoms with Crippen molar-refractivity contribution in [2.24, 2.45) is 5.10 Å². The first-order chi connectivity index (χ1) is 11.1. The van der Waals surface area contributed by atoms with Crippen molar-refractivity contribution in [1.82, 2.24) is 19.8 Å². The molecule has 3 aromatic rings. The number of fused-ring (bicyclic) bond motifs is 1. The molecule has 0 amide bonds. The Bertz CT molecular complexity index is 866. The van der Waals surface area contributed by atoms with Crippen LogP contribution in [0.15, 0.2) is 35.4 Å². The molecule has 0 fully saturated rings. The lowest BCUT2D eigenvalue weighted by Gasteiger charge is -2.07. The number of rotatable bonds is 4. The molecule has 0 aliphatic carbocycles. The van der Waals surface area contributed by atoms with Crippen LogP contribution in [0.25, 0.3) is 5.65 Å². The van der Waals surface area contributed by atoms with Crippen molar-refractivity contribution >= 4 is 17.0 Å². The zero-order valence-corrected chi connectivity index (χ0v) is 13.5.